The van der Waals surface area contributed by atoms with Gasteiger partial charge in [-0.2, -0.15) is 4.31 Å². The molecule has 3 aliphatic carbocycles. The van der Waals surface area contributed by atoms with E-state index in [1.807, 2.05) is 20.8 Å². The van der Waals surface area contributed by atoms with Gasteiger partial charge in [-0.1, -0.05) is 72.8 Å². The standard InChI is InChI=1S/C37H60N6O7S/c1-7-17-38-33(46)30(44)26(20-23-15-16-23)39-32(45)29-28-25(37(28,5)6)21-43(29)34(47)31(36(2,3)4)41-35(48)40-27(24-13-9-8-10-14-24)22-42-18-11-12-19-51(42,49)50/h7,23-29,31H,1,8-22H2,2-6H3,(H,38,46)(H,39,45)(H2,40,41,48)/t25-,26?,27+,28-,29?,31+/m0/s1. The molecule has 0 radical (unpaired) electrons. The molecule has 2 saturated heterocycles. The number of piperidine rings is 1. The van der Waals surface area contributed by atoms with Crippen LogP contribution >= 0.6 is 0 Å². The van der Waals surface area contributed by atoms with Crippen LogP contribution in [0.2, 0.25) is 0 Å². The molecule has 3 saturated carbocycles. The molecule has 2 unspecified atom stereocenters. The molecule has 13 nitrogen and oxygen atoms in total. The van der Waals surface area contributed by atoms with Crippen molar-refractivity contribution in [3.05, 3.63) is 12.7 Å². The second-order valence-corrected chi connectivity index (χ2v) is 19.4. The van der Waals surface area contributed by atoms with Gasteiger partial charge in [-0.05, 0) is 66.6 Å². The van der Waals surface area contributed by atoms with Crippen LogP contribution in [0.5, 0.6) is 0 Å². The average Bonchev–Trinajstić information content (AvgIpc) is 3.93. The fraction of sp³-hybridized carbons (Fsp3) is 0.811. The van der Waals surface area contributed by atoms with Gasteiger partial charge in [-0.3, -0.25) is 19.2 Å². The molecule has 2 heterocycles. The van der Waals surface area contributed by atoms with Gasteiger partial charge in [0.2, 0.25) is 27.6 Å². The van der Waals surface area contributed by atoms with Crippen LogP contribution in [0, 0.1) is 34.5 Å². The lowest BCUT2D eigenvalue weighted by atomic mass is 9.83. The number of carbonyl (C=O) groups excluding carboxylic acids is 5. The third kappa shape index (κ3) is 9.15. The van der Waals surface area contributed by atoms with Gasteiger partial charge in [0.05, 0.1) is 11.8 Å². The van der Waals surface area contributed by atoms with E-state index in [4.69, 9.17) is 0 Å². The Morgan fingerprint density at radius 2 is 1.63 bits per heavy atom. The van der Waals surface area contributed by atoms with E-state index in [1.165, 1.54) is 10.4 Å². The predicted molar refractivity (Wildman–Crippen MR) is 194 cm³/mol. The maximum Gasteiger partial charge on any atom is 0.315 e. The zero-order valence-electron chi connectivity index (χ0n) is 31.2. The molecular weight excluding hydrogens is 673 g/mol. The zero-order chi connectivity index (χ0) is 37.3. The summed E-state index contributed by atoms with van der Waals surface area (Å²) in [4.78, 5) is 69.8. The summed E-state index contributed by atoms with van der Waals surface area (Å²) < 4.78 is 27.3. The van der Waals surface area contributed by atoms with Crippen LogP contribution in [-0.2, 0) is 29.2 Å². The smallest absolute Gasteiger partial charge is 0.315 e. The SMILES string of the molecule is C=CCNC(=O)C(=O)C(CC1CC1)NC(=O)C1[C@@H]2[C@H](CN1C(=O)[C@@H](NC(=O)N[C@H](CN1CCCCS1(=O)=O)C1CCCCC1)C(C)(C)C)C2(C)C. The highest BCUT2D eigenvalue weighted by molar-refractivity contribution is 7.89. The van der Waals surface area contributed by atoms with Crippen molar-refractivity contribution in [2.24, 2.45) is 34.5 Å². The molecule has 5 rings (SSSR count). The van der Waals surface area contributed by atoms with Crippen molar-refractivity contribution < 1.29 is 32.4 Å². The summed E-state index contributed by atoms with van der Waals surface area (Å²) in [5.41, 5.74) is -0.928. The molecule has 5 aliphatic rings. The van der Waals surface area contributed by atoms with Crippen molar-refractivity contribution in [2.45, 2.75) is 123 Å². The molecule has 0 spiro atoms. The van der Waals surface area contributed by atoms with E-state index < -0.39 is 63.2 Å². The highest BCUT2D eigenvalue weighted by atomic mass is 32.2. The first-order chi connectivity index (χ1) is 24.0. The minimum absolute atomic E-state index is 0.0716. The quantitative estimate of drug-likeness (QED) is 0.157. The summed E-state index contributed by atoms with van der Waals surface area (Å²) in [6, 6.07) is -3.81. The van der Waals surface area contributed by atoms with Crippen LogP contribution < -0.4 is 21.3 Å². The van der Waals surface area contributed by atoms with Gasteiger partial charge in [0, 0.05) is 32.2 Å². The lowest BCUT2D eigenvalue weighted by molar-refractivity contribution is -0.145. The van der Waals surface area contributed by atoms with Gasteiger partial charge in [-0.25, -0.2) is 13.2 Å². The number of Topliss-reactive ketones (excluding diaryl/α,β-unsaturated/α-hetero) is 1. The third-order valence-corrected chi connectivity index (χ3v) is 14.0. The van der Waals surface area contributed by atoms with Crippen molar-refractivity contribution in [3.63, 3.8) is 0 Å². The number of hydrogen-bond acceptors (Lipinski definition) is 7. The minimum atomic E-state index is -3.40. The number of amides is 5. The molecule has 286 valence electrons. The Kier molecular flexibility index (Phi) is 11.9. The fourth-order valence-electron chi connectivity index (χ4n) is 8.67. The summed E-state index contributed by atoms with van der Waals surface area (Å²) in [5, 5.41) is 11.4. The number of nitrogens with one attached hydrogen (secondary N) is 4. The average molecular weight is 733 g/mol. The first kappa shape index (κ1) is 39.2. The zero-order valence-corrected chi connectivity index (χ0v) is 32.0. The number of likely N-dealkylation sites (tertiary alicyclic amines) is 1. The molecular formula is C37H60N6O7S. The van der Waals surface area contributed by atoms with Gasteiger partial charge >= 0.3 is 6.03 Å². The normalized spacial score (nSPS) is 27.6. The van der Waals surface area contributed by atoms with Gasteiger partial charge in [-0.15, -0.1) is 6.58 Å². The number of urea groups is 1. The Morgan fingerprint density at radius 1 is 0.941 bits per heavy atom. The number of carbonyl (C=O) groups is 5. The summed E-state index contributed by atoms with van der Waals surface area (Å²) in [6.07, 6.45) is 10.0. The van der Waals surface area contributed by atoms with E-state index in [-0.39, 0.29) is 53.8 Å². The summed E-state index contributed by atoms with van der Waals surface area (Å²) in [6.45, 7) is 14.4. The van der Waals surface area contributed by atoms with Crippen LogP contribution in [0.3, 0.4) is 0 Å². The van der Waals surface area contributed by atoms with Crippen molar-refractivity contribution in [1.82, 2.24) is 30.5 Å². The van der Waals surface area contributed by atoms with Crippen molar-refractivity contribution in [3.8, 4) is 0 Å². The molecule has 0 bridgehead atoms. The Morgan fingerprint density at radius 3 is 2.24 bits per heavy atom. The van der Waals surface area contributed by atoms with Crippen LogP contribution in [0.25, 0.3) is 0 Å². The molecule has 0 aromatic rings. The molecule has 5 fully saturated rings. The Labute approximate surface area is 303 Å². The molecule has 6 atom stereocenters. The lowest BCUT2D eigenvalue weighted by Crippen LogP contribution is -2.62. The van der Waals surface area contributed by atoms with E-state index in [0.717, 1.165) is 51.4 Å². The topological polar surface area (TPSA) is 174 Å². The number of sulfonamides is 1. The maximum absolute atomic E-state index is 14.5. The van der Waals surface area contributed by atoms with Crippen LogP contribution in [0.4, 0.5) is 4.79 Å². The molecule has 14 heteroatoms. The van der Waals surface area contributed by atoms with Gasteiger partial charge in [0.15, 0.2) is 0 Å². The van der Waals surface area contributed by atoms with Crippen molar-refractivity contribution in [2.75, 3.05) is 31.9 Å². The predicted octanol–water partition coefficient (Wildman–Crippen LogP) is 2.71. The number of fused-ring (bicyclic) bond motifs is 1. The number of rotatable bonds is 14. The van der Waals surface area contributed by atoms with Gasteiger partial charge in [0.25, 0.3) is 5.91 Å². The van der Waals surface area contributed by atoms with E-state index in [2.05, 4.69) is 41.7 Å². The fourth-order valence-corrected chi connectivity index (χ4v) is 10.3. The highest BCUT2D eigenvalue weighted by Gasteiger charge is 2.70. The monoisotopic (exact) mass is 732 g/mol. The molecule has 5 amide bonds. The first-order valence-electron chi connectivity index (χ1n) is 19.0. The van der Waals surface area contributed by atoms with E-state index in [1.54, 1.807) is 4.90 Å². The van der Waals surface area contributed by atoms with E-state index >= 15 is 0 Å². The Hall–Kier alpha value is -3.00. The summed E-state index contributed by atoms with van der Waals surface area (Å²) in [5.74, 6) is -1.93. The van der Waals surface area contributed by atoms with E-state index in [0.29, 0.717) is 25.9 Å². The second-order valence-electron chi connectivity index (χ2n) is 17.3. The van der Waals surface area contributed by atoms with Gasteiger partial charge < -0.3 is 26.2 Å². The van der Waals surface area contributed by atoms with Crippen LogP contribution in [-0.4, -0.2) is 103 Å². The Balaban J connectivity index is 1.32. The highest BCUT2D eigenvalue weighted by Crippen LogP contribution is 2.65. The largest absolute Gasteiger partial charge is 0.346 e. The van der Waals surface area contributed by atoms with Crippen LogP contribution in [0.15, 0.2) is 12.7 Å². The lowest BCUT2D eigenvalue weighted by Gasteiger charge is -2.39. The molecule has 4 N–H and O–H groups in total. The first-order valence-corrected chi connectivity index (χ1v) is 20.6. The third-order valence-electron chi connectivity index (χ3n) is 12.1. The molecule has 2 aliphatic heterocycles. The van der Waals surface area contributed by atoms with E-state index in [9.17, 15) is 32.4 Å². The van der Waals surface area contributed by atoms with Crippen molar-refractivity contribution >= 4 is 39.6 Å². The summed E-state index contributed by atoms with van der Waals surface area (Å²) in [7, 11) is -3.40. The van der Waals surface area contributed by atoms with Gasteiger partial charge in [0.1, 0.15) is 12.1 Å². The van der Waals surface area contributed by atoms with Crippen molar-refractivity contribution in [1.29, 1.82) is 0 Å². The maximum atomic E-state index is 14.5. The molecule has 0 aromatic carbocycles. The number of hydrogen-bond donors (Lipinski definition) is 4. The summed E-state index contributed by atoms with van der Waals surface area (Å²) >= 11 is 0. The minimum Gasteiger partial charge on any atom is -0.346 e. The number of nitrogens with zero attached hydrogens (tertiary/aromatic N) is 2. The second kappa shape index (κ2) is 15.5. The number of ketones is 1. The Bertz CT molecular complexity index is 1470. The van der Waals surface area contributed by atoms with Crippen LogP contribution in [0.1, 0.15) is 98.8 Å². The molecule has 51 heavy (non-hydrogen) atoms. The molecule has 0 aromatic heterocycles.